The van der Waals surface area contributed by atoms with Gasteiger partial charge in [-0.05, 0) is 53.4 Å². The van der Waals surface area contributed by atoms with Crippen LogP contribution >= 0.6 is 0 Å². The van der Waals surface area contributed by atoms with Gasteiger partial charge < -0.3 is 15.0 Å². The topological polar surface area (TPSA) is 41.6 Å². The van der Waals surface area contributed by atoms with Crippen LogP contribution in [0.1, 0.15) is 59.8 Å². The maximum Gasteiger partial charge on any atom is 0.410 e. The molecule has 21 heavy (non-hydrogen) atoms. The van der Waals surface area contributed by atoms with Gasteiger partial charge in [0.15, 0.2) is 0 Å². The molecule has 2 unspecified atom stereocenters. The van der Waals surface area contributed by atoms with Gasteiger partial charge in [0, 0.05) is 31.1 Å². The van der Waals surface area contributed by atoms with Gasteiger partial charge in [-0.25, -0.2) is 4.79 Å². The summed E-state index contributed by atoms with van der Waals surface area (Å²) in [6, 6.07) is 1.20. The quantitative estimate of drug-likeness (QED) is 0.642. The average molecular weight is 292 g/mol. The molecule has 1 N–H and O–H groups in total. The Morgan fingerprint density at radius 1 is 1.29 bits per heavy atom. The molecule has 118 valence electrons. The molecule has 4 nitrogen and oxygen atoms in total. The number of fused-ring (bicyclic) bond motifs is 2. The van der Waals surface area contributed by atoms with Crippen molar-refractivity contribution in [3.05, 3.63) is 0 Å². The van der Waals surface area contributed by atoms with Crippen LogP contribution in [0.4, 0.5) is 4.79 Å². The monoisotopic (exact) mass is 292 g/mol. The van der Waals surface area contributed by atoms with Crippen molar-refractivity contribution in [2.45, 2.75) is 83.5 Å². The maximum atomic E-state index is 12.3. The molecule has 2 bridgehead atoms. The molecule has 0 radical (unpaired) electrons. The Kier molecular flexibility index (Phi) is 5.16. The zero-order valence-corrected chi connectivity index (χ0v) is 13.7. The van der Waals surface area contributed by atoms with Crippen molar-refractivity contribution < 1.29 is 9.53 Å². The number of ether oxygens (including phenoxy) is 1. The van der Waals surface area contributed by atoms with Gasteiger partial charge >= 0.3 is 6.09 Å². The predicted octanol–water partition coefficient (Wildman–Crippen LogP) is 2.92. The minimum Gasteiger partial charge on any atom is -0.444 e. The van der Waals surface area contributed by atoms with E-state index in [1.165, 1.54) is 0 Å². The van der Waals surface area contributed by atoms with Crippen LogP contribution in [-0.2, 0) is 4.74 Å². The van der Waals surface area contributed by atoms with Crippen molar-refractivity contribution in [3.8, 4) is 11.8 Å². The molecule has 2 aliphatic heterocycles. The third-order valence-corrected chi connectivity index (χ3v) is 4.20. The number of rotatable bonds is 3. The standard InChI is InChI=1S/C17H28N2O2/c1-5-6-7-10-18-13-11-14-8-9-15(12-13)19(14)16(20)21-17(2,3)4/h13-15,18H,7-12H2,1-4H3. The molecule has 0 aromatic rings. The molecule has 2 rings (SSSR count). The fraction of sp³-hybridized carbons (Fsp3) is 0.824. The van der Waals surface area contributed by atoms with Crippen LogP contribution < -0.4 is 5.32 Å². The van der Waals surface area contributed by atoms with Crippen LogP contribution in [0.5, 0.6) is 0 Å². The molecular formula is C17H28N2O2. The third-order valence-electron chi connectivity index (χ3n) is 4.20. The highest BCUT2D eigenvalue weighted by atomic mass is 16.6. The van der Waals surface area contributed by atoms with Gasteiger partial charge in [-0.3, -0.25) is 0 Å². The Balaban J connectivity index is 1.86. The number of amides is 1. The minimum atomic E-state index is -0.412. The molecular weight excluding hydrogens is 264 g/mol. The second-order valence-electron chi connectivity index (χ2n) is 7.07. The van der Waals surface area contributed by atoms with E-state index in [0.29, 0.717) is 18.1 Å². The summed E-state index contributed by atoms with van der Waals surface area (Å²) in [6.07, 6.45) is 5.06. The number of hydrogen-bond acceptors (Lipinski definition) is 3. The number of piperidine rings is 1. The summed E-state index contributed by atoms with van der Waals surface area (Å²) in [6.45, 7) is 8.60. The first-order valence-corrected chi connectivity index (χ1v) is 8.05. The van der Waals surface area contributed by atoms with E-state index in [1.807, 2.05) is 32.6 Å². The van der Waals surface area contributed by atoms with Gasteiger partial charge in [0.25, 0.3) is 0 Å². The summed E-state index contributed by atoms with van der Waals surface area (Å²) in [5.74, 6) is 6.00. The van der Waals surface area contributed by atoms with Crippen LogP contribution in [-0.4, -0.2) is 41.3 Å². The predicted molar refractivity (Wildman–Crippen MR) is 84.0 cm³/mol. The molecule has 0 spiro atoms. The van der Waals surface area contributed by atoms with Crippen LogP contribution in [0.2, 0.25) is 0 Å². The highest BCUT2D eigenvalue weighted by Gasteiger charge is 2.44. The van der Waals surface area contributed by atoms with Crippen molar-refractivity contribution >= 4 is 6.09 Å². The Bertz CT molecular complexity index is 416. The average Bonchev–Trinajstić information content (AvgIpc) is 2.65. The van der Waals surface area contributed by atoms with Crippen molar-refractivity contribution in [1.29, 1.82) is 0 Å². The first kappa shape index (κ1) is 16.2. The fourth-order valence-electron chi connectivity index (χ4n) is 3.42. The SMILES string of the molecule is CC#CCCNC1CC2CCC(C1)N2C(=O)OC(C)(C)C. The Morgan fingerprint density at radius 2 is 1.90 bits per heavy atom. The number of nitrogens with one attached hydrogen (secondary N) is 1. The molecule has 0 aliphatic carbocycles. The summed E-state index contributed by atoms with van der Waals surface area (Å²) in [4.78, 5) is 14.3. The summed E-state index contributed by atoms with van der Waals surface area (Å²) >= 11 is 0. The van der Waals surface area contributed by atoms with Crippen LogP contribution in [0.15, 0.2) is 0 Å². The fourth-order valence-corrected chi connectivity index (χ4v) is 3.42. The summed E-state index contributed by atoms with van der Waals surface area (Å²) in [7, 11) is 0. The van der Waals surface area contributed by atoms with Gasteiger partial charge in [-0.15, -0.1) is 11.8 Å². The van der Waals surface area contributed by atoms with Crippen molar-refractivity contribution in [1.82, 2.24) is 10.2 Å². The van der Waals surface area contributed by atoms with E-state index in [2.05, 4.69) is 17.2 Å². The van der Waals surface area contributed by atoms with Crippen LogP contribution in [0.25, 0.3) is 0 Å². The molecule has 0 aromatic carbocycles. The molecule has 2 saturated heterocycles. The van der Waals surface area contributed by atoms with Crippen LogP contribution in [0.3, 0.4) is 0 Å². The number of carbonyl (C=O) groups excluding carboxylic acids is 1. The van der Waals surface area contributed by atoms with E-state index in [1.54, 1.807) is 0 Å². The first-order chi connectivity index (χ1) is 9.90. The zero-order chi connectivity index (χ0) is 15.5. The molecule has 2 atom stereocenters. The van der Waals surface area contributed by atoms with Crippen molar-refractivity contribution in [2.24, 2.45) is 0 Å². The normalized spacial score (nSPS) is 28.0. The second-order valence-corrected chi connectivity index (χ2v) is 7.07. The van der Waals surface area contributed by atoms with E-state index >= 15 is 0 Å². The van der Waals surface area contributed by atoms with Gasteiger partial charge in [-0.2, -0.15) is 0 Å². The third kappa shape index (κ3) is 4.38. The van der Waals surface area contributed by atoms with Gasteiger partial charge in [0.2, 0.25) is 0 Å². The van der Waals surface area contributed by atoms with Crippen molar-refractivity contribution in [2.75, 3.05) is 6.54 Å². The smallest absolute Gasteiger partial charge is 0.410 e. The lowest BCUT2D eigenvalue weighted by molar-refractivity contribution is 0.00479. The summed E-state index contributed by atoms with van der Waals surface area (Å²) in [5.41, 5.74) is -0.412. The van der Waals surface area contributed by atoms with Gasteiger partial charge in [0.05, 0.1) is 0 Å². The highest BCUT2D eigenvalue weighted by Crippen LogP contribution is 2.36. The molecule has 1 amide bonds. The Labute approximate surface area is 128 Å². The summed E-state index contributed by atoms with van der Waals surface area (Å²) in [5, 5.41) is 3.58. The van der Waals surface area contributed by atoms with E-state index in [0.717, 1.165) is 38.6 Å². The molecule has 0 aromatic heterocycles. The molecule has 2 heterocycles. The highest BCUT2D eigenvalue weighted by molar-refractivity contribution is 5.69. The van der Waals surface area contributed by atoms with E-state index in [9.17, 15) is 4.79 Å². The van der Waals surface area contributed by atoms with E-state index in [4.69, 9.17) is 4.74 Å². The van der Waals surface area contributed by atoms with Crippen LogP contribution in [0, 0.1) is 11.8 Å². The van der Waals surface area contributed by atoms with Gasteiger partial charge in [-0.1, -0.05) is 0 Å². The Morgan fingerprint density at radius 3 is 2.43 bits per heavy atom. The Hall–Kier alpha value is -1.21. The van der Waals surface area contributed by atoms with Gasteiger partial charge in [0.1, 0.15) is 5.60 Å². The molecule has 2 fully saturated rings. The molecule has 0 saturated carbocycles. The maximum absolute atomic E-state index is 12.3. The van der Waals surface area contributed by atoms with E-state index < -0.39 is 5.60 Å². The number of nitrogens with zero attached hydrogens (tertiary/aromatic N) is 1. The largest absolute Gasteiger partial charge is 0.444 e. The zero-order valence-electron chi connectivity index (χ0n) is 13.7. The molecule has 2 aliphatic rings. The number of carbonyl (C=O) groups is 1. The lowest BCUT2D eigenvalue weighted by Crippen LogP contribution is -2.52. The molecule has 4 heteroatoms. The lowest BCUT2D eigenvalue weighted by atomic mass is 9.97. The lowest BCUT2D eigenvalue weighted by Gasteiger charge is -2.39. The second kappa shape index (κ2) is 6.70. The van der Waals surface area contributed by atoms with Crippen molar-refractivity contribution in [3.63, 3.8) is 0 Å². The minimum absolute atomic E-state index is 0.134. The summed E-state index contributed by atoms with van der Waals surface area (Å²) < 4.78 is 5.55. The number of hydrogen-bond donors (Lipinski definition) is 1. The first-order valence-electron chi connectivity index (χ1n) is 8.05. The van der Waals surface area contributed by atoms with E-state index in [-0.39, 0.29) is 6.09 Å².